The normalized spacial score (nSPS) is 13.4. The number of carboxylic acid groups (broad SMARTS) is 1. The van der Waals surface area contributed by atoms with Gasteiger partial charge in [0.25, 0.3) is 0 Å². The van der Waals surface area contributed by atoms with Crippen molar-refractivity contribution in [2.45, 2.75) is 24.9 Å². The van der Waals surface area contributed by atoms with E-state index in [1.54, 1.807) is 6.07 Å². The lowest BCUT2D eigenvalue weighted by Gasteiger charge is -2.16. The molecular formula is C10H10F3NO2. The number of hydrogen-bond donors (Lipinski definition) is 1. The average Bonchev–Trinajstić information content (AvgIpc) is 2.15. The summed E-state index contributed by atoms with van der Waals surface area (Å²) in [5, 5.41) is 8.55. The SMILES string of the molecule is O=C(O)CC(CC(F)(F)F)c1ccccn1. The fourth-order valence-corrected chi connectivity index (χ4v) is 1.39. The quantitative estimate of drug-likeness (QED) is 0.869. The highest BCUT2D eigenvalue weighted by Gasteiger charge is 2.34. The maximum absolute atomic E-state index is 12.2. The molecule has 1 N–H and O–H groups in total. The van der Waals surface area contributed by atoms with Gasteiger partial charge in [-0.15, -0.1) is 0 Å². The van der Waals surface area contributed by atoms with E-state index in [4.69, 9.17) is 5.11 Å². The number of carboxylic acids is 1. The van der Waals surface area contributed by atoms with Gasteiger partial charge < -0.3 is 5.11 Å². The molecule has 0 radical (unpaired) electrons. The van der Waals surface area contributed by atoms with Gasteiger partial charge in [0.2, 0.25) is 0 Å². The van der Waals surface area contributed by atoms with Gasteiger partial charge in [-0.2, -0.15) is 13.2 Å². The van der Waals surface area contributed by atoms with Gasteiger partial charge in [0.05, 0.1) is 12.8 Å². The van der Waals surface area contributed by atoms with E-state index in [-0.39, 0.29) is 5.69 Å². The maximum atomic E-state index is 12.2. The standard InChI is InChI=1S/C10H10F3NO2/c11-10(12,13)6-7(5-9(15)16)8-3-1-2-4-14-8/h1-4,7H,5-6H2,(H,15,16). The molecule has 6 heteroatoms. The molecule has 0 amide bonds. The first-order valence-corrected chi connectivity index (χ1v) is 4.58. The zero-order valence-electron chi connectivity index (χ0n) is 8.24. The van der Waals surface area contributed by atoms with Crippen molar-refractivity contribution in [2.75, 3.05) is 0 Å². The largest absolute Gasteiger partial charge is 0.481 e. The first-order chi connectivity index (χ1) is 7.38. The topological polar surface area (TPSA) is 50.2 Å². The van der Waals surface area contributed by atoms with Gasteiger partial charge in [-0.1, -0.05) is 6.07 Å². The fraction of sp³-hybridized carbons (Fsp3) is 0.400. The van der Waals surface area contributed by atoms with Gasteiger partial charge in [0.15, 0.2) is 0 Å². The van der Waals surface area contributed by atoms with Crippen molar-refractivity contribution in [3.05, 3.63) is 30.1 Å². The van der Waals surface area contributed by atoms with Crippen molar-refractivity contribution >= 4 is 5.97 Å². The number of rotatable bonds is 4. The molecular weight excluding hydrogens is 223 g/mol. The molecule has 0 aromatic carbocycles. The number of nitrogens with zero attached hydrogens (tertiary/aromatic N) is 1. The van der Waals surface area contributed by atoms with Crippen LogP contribution in [-0.2, 0) is 4.79 Å². The second-order valence-corrected chi connectivity index (χ2v) is 3.37. The van der Waals surface area contributed by atoms with Crippen LogP contribution in [0.25, 0.3) is 0 Å². The summed E-state index contributed by atoms with van der Waals surface area (Å²) < 4.78 is 36.7. The molecule has 1 unspecified atom stereocenters. The van der Waals surface area contributed by atoms with Gasteiger partial charge in [-0.25, -0.2) is 0 Å². The van der Waals surface area contributed by atoms with E-state index in [0.717, 1.165) is 0 Å². The Bertz CT molecular complexity index is 351. The van der Waals surface area contributed by atoms with Gasteiger partial charge in [-0.05, 0) is 12.1 Å². The van der Waals surface area contributed by atoms with Gasteiger partial charge in [0.1, 0.15) is 0 Å². The third-order valence-corrected chi connectivity index (χ3v) is 2.00. The number of alkyl halides is 3. The first-order valence-electron chi connectivity index (χ1n) is 4.58. The minimum Gasteiger partial charge on any atom is -0.481 e. The summed E-state index contributed by atoms with van der Waals surface area (Å²) in [6.07, 6.45) is -4.79. The first kappa shape index (κ1) is 12.5. The molecule has 0 fully saturated rings. The van der Waals surface area contributed by atoms with Crippen molar-refractivity contribution in [1.82, 2.24) is 4.98 Å². The molecule has 0 saturated carbocycles. The molecule has 0 aliphatic rings. The Kier molecular flexibility index (Phi) is 3.87. The van der Waals surface area contributed by atoms with Crippen molar-refractivity contribution in [3.8, 4) is 0 Å². The monoisotopic (exact) mass is 233 g/mol. The van der Waals surface area contributed by atoms with Crippen molar-refractivity contribution in [3.63, 3.8) is 0 Å². The second kappa shape index (κ2) is 4.96. The molecule has 0 aliphatic heterocycles. The number of carbonyl (C=O) groups is 1. The molecule has 3 nitrogen and oxygen atoms in total. The van der Waals surface area contributed by atoms with Crippen LogP contribution in [0.2, 0.25) is 0 Å². The molecule has 0 aliphatic carbocycles. The third kappa shape index (κ3) is 4.29. The van der Waals surface area contributed by atoms with Crippen molar-refractivity contribution < 1.29 is 23.1 Å². The zero-order chi connectivity index (χ0) is 12.2. The lowest BCUT2D eigenvalue weighted by atomic mass is 9.96. The average molecular weight is 233 g/mol. The number of aromatic nitrogens is 1. The third-order valence-electron chi connectivity index (χ3n) is 2.00. The molecule has 0 saturated heterocycles. The summed E-state index contributed by atoms with van der Waals surface area (Å²) in [5.74, 6) is -2.39. The van der Waals surface area contributed by atoms with Crippen LogP contribution >= 0.6 is 0 Å². The molecule has 1 aromatic heterocycles. The van der Waals surface area contributed by atoms with E-state index in [9.17, 15) is 18.0 Å². The highest BCUT2D eigenvalue weighted by atomic mass is 19.4. The lowest BCUT2D eigenvalue weighted by molar-refractivity contribution is -0.145. The summed E-state index contributed by atoms with van der Waals surface area (Å²) in [7, 11) is 0. The summed E-state index contributed by atoms with van der Waals surface area (Å²) >= 11 is 0. The Morgan fingerprint density at radius 1 is 1.44 bits per heavy atom. The predicted molar refractivity (Wildman–Crippen MR) is 49.9 cm³/mol. The minimum atomic E-state index is -4.39. The van der Waals surface area contributed by atoms with Crippen LogP contribution in [0.5, 0.6) is 0 Å². The maximum Gasteiger partial charge on any atom is 0.389 e. The van der Waals surface area contributed by atoms with E-state index in [0.29, 0.717) is 0 Å². The fourth-order valence-electron chi connectivity index (χ4n) is 1.39. The Hall–Kier alpha value is -1.59. The lowest BCUT2D eigenvalue weighted by Crippen LogP contribution is -2.17. The van der Waals surface area contributed by atoms with Crippen LogP contribution in [0.4, 0.5) is 13.2 Å². The highest BCUT2D eigenvalue weighted by molar-refractivity contribution is 5.67. The summed E-state index contributed by atoms with van der Waals surface area (Å²) in [6, 6.07) is 4.50. The number of halogens is 3. The van der Waals surface area contributed by atoms with Crippen molar-refractivity contribution in [1.29, 1.82) is 0 Å². The molecule has 88 valence electrons. The number of hydrogen-bond acceptors (Lipinski definition) is 2. The smallest absolute Gasteiger partial charge is 0.389 e. The Balaban J connectivity index is 2.84. The summed E-state index contributed by atoms with van der Waals surface area (Å²) in [6.45, 7) is 0. The van der Waals surface area contributed by atoms with Gasteiger partial charge in [0, 0.05) is 17.8 Å². The van der Waals surface area contributed by atoms with Crippen LogP contribution in [0, 0.1) is 0 Å². The van der Waals surface area contributed by atoms with Crippen molar-refractivity contribution in [2.24, 2.45) is 0 Å². The molecule has 0 bridgehead atoms. The van der Waals surface area contributed by atoms with Crippen LogP contribution in [0.3, 0.4) is 0 Å². The predicted octanol–water partition coefficient (Wildman–Crippen LogP) is 2.59. The van der Waals surface area contributed by atoms with Crippen LogP contribution in [-0.4, -0.2) is 22.2 Å². The van der Waals surface area contributed by atoms with Gasteiger partial charge in [-0.3, -0.25) is 9.78 Å². The molecule has 1 rings (SSSR count). The Labute approximate surface area is 89.9 Å². The number of aliphatic carboxylic acids is 1. The Morgan fingerprint density at radius 2 is 2.12 bits per heavy atom. The second-order valence-electron chi connectivity index (χ2n) is 3.37. The van der Waals surface area contributed by atoms with Gasteiger partial charge >= 0.3 is 12.1 Å². The molecule has 1 aromatic rings. The minimum absolute atomic E-state index is 0.155. The molecule has 1 heterocycles. The van der Waals surface area contributed by atoms with E-state index < -0.39 is 30.9 Å². The summed E-state index contributed by atoms with van der Waals surface area (Å²) in [4.78, 5) is 14.2. The van der Waals surface area contributed by atoms with Crippen LogP contribution in [0.1, 0.15) is 24.5 Å². The summed E-state index contributed by atoms with van der Waals surface area (Å²) in [5.41, 5.74) is 0.155. The van der Waals surface area contributed by atoms with E-state index in [2.05, 4.69) is 4.98 Å². The molecule has 1 atom stereocenters. The highest BCUT2D eigenvalue weighted by Crippen LogP contribution is 2.32. The van der Waals surface area contributed by atoms with E-state index in [1.807, 2.05) is 0 Å². The number of pyridine rings is 1. The van der Waals surface area contributed by atoms with Crippen LogP contribution in [0.15, 0.2) is 24.4 Å². The zero-order valence-corrected chi connectivity index (χ0v) is 8.24. The van der Waals surface area contributed by atoms with E-state index >= 15 is 0 Å². The molecule has 16 heavy (non-hydrogen) atoms. The molecule has 0 spiro atoms. The Morgan fingerprint density at radius 3 is 2.56 bits per heavy atom. The van der Waals surface area contributed by atoms with E-state index in [1.165, 1.54) is 18.3 Å². The van der Waals surface area contributed by atoms with Crippen LogP contribution < -0.4 is 0 Å².